The molecule has 0 aromatic heterocycles. The van der Waals surface area contributed by atoms with Crippen molar-refractivity contribution < 1.29 is 8.42 Å². The molecule has 1 fully saturated rings. The van der Waals surface area contributed by atoms with Gasteiger partial charge in [-0.2, -0.15) is 4.31 Å². The van der Waals surface area contributed by atoms with Gasteiger partial charge in [-0.15, -0.1) is 0 Å². The van der Waals surface area contributed by atoms with Crippen molar-refractivity contribution in [1.82, 2.24) is 4.31 Å². The number of halogens is 1. The van der Waals surface area contributed by atoms with Gasteiger partial charge < -0.3 is 5.73 Å². The summed E-state index contributed by atoms with van der Waals surface area (Å²) in [6.45, 7) is 2.90. The van der Waals surface area contributed by atoms with Gasteiger partial charge in [0.15, 0.2) is 0 Å². The number of hydrogen-bond acceptors (Lipinski definition) is 3. The van der Waals surface area contributed by atoms with Crippen molar-refractivity contribution >= 4 is 21.6 Å². The largest absolute Gasteiger partial charge is 0.326 e. The van der Waals surface area contributed by atoms with Gasteiger partial charge in [-0.1, -0.05) is 24.6 Å². The van der Waals surface area contributed by atoms with Gasteiger partial charge in [0.2, 0.25) is 10.0 Å². The van der Waals surface area contributed by atoms with Gasteiger partial charge >= 0.3 is 0 Å². The van der Waals surface area contributed by atoms with Crippen LogP contribution in [0.15, 0.2) is 29.2 Å². The molecule has 2 rings (SSSR count). The van der Waals surface area contributed by atoms with Crippen molar-refractivity contribution in [2.75, 3.05) is 13.1 Å². The second-order valence-corrected chi connectivity index (χ2v) is 7.25. The fourth-order valence-corrected chi connectivity index (χ4v) is 4.24. The molecule has 1 aromatic rings. The van der Waals surface area contributed by atoms with Gasteiger partial charge in [0.05, 0.1) is 4.90 Å². The SMILES string of the molecule is CC1CC(N)CN(S(=O)(=O)c2cccc(Cl)c2)C1. The highest BCUT2D eigenvalue weighted by molar-refractivity contribution is 7.89. The van der Waals surface area contributed by atoms with Crippen LogP contribution in [0.3, 0.4) is 0 Å². The fourth-order valence-electron chi connectivity index (χ4n) is 2.32. The summed E-state index contributed by atoms with van der Waals surface area (Å²) >= 11 is 5.84. The zero-order valence-electron chi connectivity index (χ0n) is 10.2. The summed E-state index contributed by atoms with van der Waals surface area (Å²) < 4.78 is 26.3. The molecule has 0 bridgehead atoms. The first-order valence-electron chi connectivity index (χ1n) is 5.91. The Hall–Kier alpha value is -0.620. The van der Waals surface area contributed by atoms with E-state index in [-0.39, 0.29) is 16.9 Å². The Balaban J connectivity index is 2.31. The molecule has 6 heteroatoms. The zero-order valence-corrected chi connectivity index (χ0v) is 11.8. The van der Waals surface area contributed by atoms with Crippen LogP contribution >= 0.6 is 11.6 Å². The van der Waals surface area contributed by atoms with E-state index in [0.29, 0.717) is 18.1 Å². The first kappa shape index (κ1) is 13.8. The molecule has 0 radical (unpaired) electrons. The summed E-state index contributed by atoms with van der Waals surface area (Å²) in [5.74, 6) is 0.280. The fraction of sp³-hybridized carbons (Fsp3) is 0.500. The summed E-state index contributed by atoms with van der Waals surface area (Å²) in [7, 11) is -3.48. The molecule has 0 saturated carbocycles. The highest BCUT2D eigenvalue weighted by Crippen LogP contribution is 2.24. The molecule has 2 atom stereocenters. The number of hydrogen-bond donors (Lipinski definition) is 1. The van der Waals surface area contributed by atoms with Gasteiger partial charge in [0.25, 0.3) is 0 Å². The number of nitrogens with zero attached hydrogens (tertiary/aromatic N) is 1. The Bertz CT molecular complexity index is 523. The molecule has 2 N–H and O–H groups in total. The van der Waals surface area contributed by atoms with Crippen molar-refractivity contribution in [3.05, 3.63) is 29.3 Å². The van der Waals surface area contributed by atoms with E-state index < -0.39 is 10.0 Å². The molecule has 1 saturated heterocycles. The van der Waals surface area contributed by atoms with Crippen molar-refractivity contribution in [3.63, 3.8) is 0 Å². The predicted molar refractivity (Wildman–Crippen MR) is 72.0 cm³/mol. The minimum Gasteiger partial charge on any atom is -0.326 e. The van der Waals surface area contributed by atoms with Crippen LogP contribution in [0.25, 0.3) is 0 Å². The molecule has 0 amide bonds. The molecule has 1 aliphatic heterocycles. The highest BCUT2D eigenvalue weighted by Gasteiger charge is 2.31. The molecule has 4 nitrogen and oxygen atoms in total. The lowest BCUT2D eigenvalue weighted by Crippen LogP contribution is -2.48. The Kier molecular flexibility index (Phi) is 3.96. The maximum Gasteiger partial charge on any atom is 0.243 e. The highest BCUT2D eigenvalue weighted by atomic mass is 35.5. The van der Waals surface area contributed by atoms with Crippen LogP contribution in [0.1, 0.15) is 13.3 Å². The summed E-state index contributed by atoms with van der Waals surface area (Å²) in [5.41, 5.74) is 5.89. The predicted octanol–water partition coefficient (Wildman–Crippen LogP) is 1.70. The van der Waals surface area contributed by atoms with Gasteiger partial charge in [-0.25, -0.2) is 8.42 Å². The van der Waals surface area contributed by atoms with Crippen LogP contribution in [0.5, 0.6) is 0 Å². The number of rotatable bonds is 2. The summed E-state index contributed by atoms with van der Waals surface area (Å²) in [6, 6.07) is 6.24. The van der Waals surface area contributed by atoms with Crippen LogP contribution in [0.4, 0.5) is 0 Å². The van der Waals surface area contributed by atoms with E-state index in [0.717, 1.165) is 6.42 Å². The summed E-state index contributed by atoms with van der Waals surface area (Å²) in [6.07, 6.45) is 0.863. The Labute approximate surface area is 113 Å². The molecule has 18 heavy (non-hydrogen) atoms. The standard InChI is InChI=1S/C12H17ClN2O2S/c1-9-5-11(14)8-15(7-9)18(16,17)12-4-2-3-10(13)6-12/h2-4,6,9,11H,5,7-8,14H2,1H3. The monoisotopic (exact) mass is 288 g/mol. The minimum absolute atomic E-state index is 0.0947. The Morgan fingerprint density at radius 3 is 2.72 bits per heavy atom. The van der Waals surface area contributed by atoms with Crippen LogP contribution in [0, 0.1) is 5.92 Å². The lowest BCUT2D eigenvalue weighted by Gasteiger charge is -2.33. The van der Waals surface area contributed by atoms with E-state index in [1.807, 2.05) is 6.92 Å². The normalized spacial score (nSPS) is 26.2. The van der Waals surface area contributed by atoms with E-state index >= 15 is 0 Å². The number of sulfonamides is 1. The molecule has 1 aromatic carbocycles. The van der Waals surface area contributed by atoms with E-state index in [9.17, 15) is 8.42 Å². The molecule has 0 spiro atoms. The average molecular weight is 289 g/mol. The van der Waals surface area contributed by atoms with Crippen molar-refractivity contribution in [2.45, 2.75) is 24.3 Å². The Morgan fingerprint density at radius 2 is 2.11 bits per heavy atom. The maximum atomic E-state index is 12.4. The van der Waals surface area contributed by atoms with E-state index in [4.69, 9.17) is 17.3 Å². The molecular weight excluding hydrogens is 272 g/mol. The van der Waals surface area contributed by atoms with Crippen LogP contribution in [-0.4, -0.2) is 31.9 Å². The molecule has 1 heterocycles. The van der Waals surface area contributed by atoms with Crippen LogP contribution in [0.2, 0.25) is 5.02 Å². The van der Waals surface area contributed by atoms with Gasteiger partial charge in [-0.3, -0.25) is 0 Å². The van der Waals surface area contributed by atoms with Crippen LogP contribution < -0.4 is 5.73 Å². The second kappa shape index (κ2) is 5.17. The van der Waals surface area contributed by atoms with Crippen molar-refractivity contribution in [2.24, 2.45) is 11.7 Å². The van der Waals surface area contributed by atoms with Gasteiger partial charge in [-0.05, 0) is 30.5 Å². The molecular formula is C12H17ClN2O2S. The third-order valence-corrected chi connectivity index (χ3v) is 5.16. The smallest absolute Gasteiger partial charge is 0.243 e. The van der Waals surface area contributed by atoms with Crippen molar-refractivity contribution in [1.29, 1.82) is 0 Å². The van der Waals surface area contributed by atoms with Gasteiger partial charge in [0.1, 0.15) is 0 Å². The number of benzene rings is 1. The average Bonchev–Trinajstić information content (AvgIpc) is 2.27. The summed E-state index contributed by atoms with van der Waals surface area (Å²) in [5, 5.41) is 0.422. The molecule has 100 valence electrons. The van der Waals surface area contributed by atoms with Gasteiger partial charge in [0, 0.05) is 24.2 Å². The third-order valence-electron chi connectivity index (χ3n) is 3.09. The van der Waals surface area contributed by atoms with Crippen LogP contribution in [-0.2, 0) is 10.0 Å². The first-order valence-corrected chi connectivity index (χ1v) is 7.72. The topological polar surface area (TPSA) is 63.4 Å². The summed E-state index contributed by atoms with van der Waals surface area (Å²) in [4.78, 5) is 0.233. The quantitative estimate of drug-likeness (QED) is 0.901. The molecule has 2 unspecified atom stereocenters. The minimum atomic E-state index is -3.48. The lowest BCUT2D eigenvalue weighted by molar-refractivity contribution is 0.254. The van der Waals surface area contributed by atoms with Crippen molar-refractivity contribution in [3.8, 4) is 0 Å². The maximum absolute atomic E-state index is 12.4. The first-order chi connectivity index (χ1) is 8.39. The van der Waals surface area contributed by atoms with E-state index in [1.54, 1.807) is 18.2 Å². The lowest BCUT2D eigenvalue weighted by atomic mass is 9.99. The number of nitrogens with two attached hydrogens (primary N) is 1. The number of piperidine rings is 1. The van der Waals surface area contributed by atoms with E-state index in [2.05, 4.69) is 0 Å². The third kappa shape index (κ3) is 2.85. The zero-order chi connectivity index (χ0) is 13.3. The molecule has 0 aliphatic carbocycles. The Morgan fingerprint density at radius 1 is 1.39 bits per heavy atom. The molecule has 1 aliphatic rings. The van der Waals surface area contributed by atoms with E-state index in [1.165, 1.54) is 10.4 Å². The second-order valence-electron chi connectivity index (χ2n) is 4.88.